The van der Waals surface area contributed by atoms with E-state index in [1.54, 1.807) is 0 Å². The molecule has 0 bridgehead atoms. The van der Waals surface area contributed by atoms with Gasteiger partial charge in [-0.15, -0.1) is 0 Å². The molecule has 2 aromatic carbocycles. The molecule has 4 heteroatoms. The second-order valence-corrected chi connectivity index (χ2v) is 6.32. The third-order valence-corrected chi connectivity index (χ3v) is 4.56. The zero-order chi connectivity index (χ0) is 15.0. The van der Waals surface area contributed by atoms with Crippen molar-refractivity contribution in [1.82, 2.24) is 0 Å². The van der Waals surface area contributed by atoms with E-state index in [0.29, 0.717) is 0 Å². The van der Waals surface area contributed by atoms with Crippen LogP contribution in [0.3, 0.4) is 0 Å². The number of halogens is 1. The molecule has 0 aromatic heterocycles. The summed E-state index contributed by atoms with van der Waals surface area (Å²) in [4.78, 5) is 2.34. The van der Waals surface area contributed by atoms with Gasteiger partial charge in [0.25, 0.3) is 0 Å². The van der Waals surface area contributed by atoms with Gasteiger partial charge in [0, 0.05) is 28.0 Å². The second kappa shape index (κ2) is 5.53. The van der Waals surface area contributed by atoms with Crippen LogP contribution in [0.1, 0.15) is 23.1 Å². The minimum atomic E-state index is 0.0862. The van der Waals surface area contributed by atoms with Gasteiger partial charge >= 0.3 is 0 Å². The molecule has 21 heavy (non-hydrogen) atoms. The molecule has 3 rings (SSSR count). The Morgan fingerprint density at radius 3 is 2.76 bits per heavy atom. The van der Waals surface area contributed by atoms with Crippen molar-refractivity contribution >= 4 is 33.1 Å². The van der Waals surface area contributed by atoms with Crippen LogP contribution in [0.15, 0.2) is 40.9 Å². The molecule has 0 saturated heterocycles. The molecule has 0 unspecified atom stereocenters. The molecule has 0 saturated carbocycles. The highest BCUT2D eigenvalue weighted by atomic mass is 79.9. The number of nitrogen functional groups attached to an aromatic ring is 1. The fourth-order valence-corrected chi connectivity index (χ4v) is 3.46. The molecule has 1 aliphatic rings. The zero-order valence-corrected chi connectivity index (χ0v) is 13.6. The number of amidine groups is 1. The minimum Gasteiger partial charge on any atom is -0.384 e. The highest BCUT2D eigenvalue weighted by molar-refractivity contribution is 9.10. The zero-order valence-electron chi connectivity index (χ0n) is 12.0. The Morgan fingerprint density at radius 1 is 1.24 bits per heavy atom. The molecule has 0 amide bonds. The number of hydrogen-bond acceptors (Lipinski definition) is 2. The summed E-state index contributed by atoms with van der Waals surface area (Å²) in [5.41, 5.74) is 11.5. The van der Waals surface area contributed by atoms with Gasteiger partial charge in [-0.2, -0.15) is 0 Å². The summed E-state index contributed by atoms with van der Waals surface area (Å²) in [7, 11) is 0. The molecule has 1 heterocycles. The van der Waals surface area contributed by atoms with E-state index in [2.05, 4.69) is 46.0 Å². The summed E-state index contributed by atoms with van der Waals surface area (Å²) >= 11 is 3.52. The Bertz CT molecular complexity index is 709. The van der Waals surface area contributed by atoms with Gasteiger partial charge < -0.3 is 10.6 Å². The summed E-state index contributed by atoms with van der Waals surface area (Å²) in [6.07, 6.45) is 2.29. The van der Waals surface area contributed by atoms with Crippen LogP contribution in [0.5, 0.6) is 0 Å². The summed E-state index contributed by atoms with van der Waals surface area (Å²) in [5.74, 6) is 0.0862. The van der Waals surface area contributed by atoms with Gasteiger partial charge in [-0.05, 0) is 65.5 Å². The fourth-order valence-electron chi connectivity index (χ4n) is 2.88. The van der Waals surface area contributed by atoms with Crippen molar-refractivity contribution in [2.75, 3.05) is 11.4 Å². The SMILES string of the molecule is Cc1ccc2c(c1)CCCN2c1ccc(C(=N)N)c(Br)c1. The van der Waals surface area contributed by atoms with Crippen molar-refractivity contribution in [3.63, 3.8) is 0 Å². The molecular weight excluding hydrogens is 326 g/mol. The largest absolute Gasteiger partial charge is 0.384 e. The van der Waals surface area contributed by atoms with Gasteiger partial charge in [0.2, 0.25) is 0 Å². The number of fused-ring (bicyclic) bond motifs is 1. The van der Waals surface area contributed by atoms with E-state index in [1.165, 1.54) is 16.8 Å². The Hall–Kier alpha value is -1.81. The summed E-state index contributed by atoms with van der Waals surface area (Å²) in [6.45, 7) is 3.15. The van der Waals surface area contributed by atoms with Crippen LogP contribution in [-0.4, -0.2) is 12.4 Å². The van der Waals surface area contributed by atoms with Crippen LogP contribution < -0.4 is 10.6 Å². The molecule has 108 valence electrons. The first kappa shape index (κ1) is 14.1. The molecule has 1 aliphatic heterocycles. The number of nitrogens with one attached hydrogen (secondary N) is 1. The lowest BCUT2D eigenvalue weighted by Gasteiger charge is -2.32. The summed E-state index contributed by atoms with van der Waals surface area (Å²) < 4.78 is 0.867. The third kappa shape index (κ3) is 2.68. The van der Waals surface area contributed by atoms with E-state index in [-0.39, 0.29) is 5.84 Å². The molecule has 3 nitrogen and oxygen atoms in total. The van der Waals surface area contributed by atoms with E-state index in [0.717, 1.165) is 35.1 Å². The maximum Gasteiger partial charge on any atom is 0.123 e. The van der Waals surface area contributed by atoms with Gasteiger partial charge in [-0.25, -0.2) is 0 Å². The second-order valence-electron chi connectivity index (χ2n) is 5.47. The highest BCUT2D eigenvalue weighted by Crippen LogP contribution is 2.35. The van der Waals surface area contributed by atoms with Crippen LogP contribution in [0.2, 0.25) is 0 Å². The lowest BCUT2D eigenvalue weighted by Crippen LogP contribution is -2.24. The minimum absolute atomic E-state index is 0.0862. The summed E-state index contributed by atoms with van der Waals surface area (Å²) in [6, 6.07) is 12.6. The van der Waals surface area contributed by atoms with Crippen LogP contribution in [0.25, 0.3) is 0 Å². The number of anilines is 2. The number of hydrogen-bond donors (Lipinski definition) is 2. The molecule has 0 radical (unpaired) electrons. The smallest absolute Gasteiger partial charge is 0.123 e. The van der Waals surface area contributed by atoms with Gasteiger partial charge in [0.1, 0.15) is 5.84 Å². The molecule has 2 aromatic rings. The molecule has 0 atom stereocenters. The normalized spacial score (nSPS) is 13.9. The topological polar surface area (TPSA) is 53.1 Å². The number of nitrogens with zero attached hydrogens (tertiary/aromatic N) is 1. The van der Waals surface area contributed by atoms with Crippen molar-refractivity contribution in [2.24, 2.45) is 5.73 Å². The third-order valence-electron chi connectivity index (χ3n) is 3.91. The lowest BCUT2D eigenvalue weighted by molar-refractivity contribution is 0.766. The number of benzene rings is 2. The summed E-state index contributed by atoms with van der Waals surface area (Å²) in [5, 5.41) is 7.57. The van der Waals surface area contributed by atoms with E-state index < -0.39 is 0 Å². The maximum absolute atomic E-state index is 7.57. The predicted octanol–water partition coefficient (Wildman–Crippen LogP) is 4.13. The molecular formula is C17H18BrN3. The Labute approximate surface area is 133 Å². The van der Waals surface area contributed by atoms with E-state index in [1.807, 2.05) is 18.2 Å². The quantitative estimate of drug-likeness (QED) is 0.636. The van der Waals surface area contributed by atoms with E-state index in [9.17, 15) is 0 Å². The van der Waals surface area contributed by atoms with Crippen LogP contribution in [0, 0.1) is 12.3 Å². The molecule has 0 aliphatic carbocycles. The van der Waals surface area contributed by atoms with Gasteiger partial charge in [0.05, 0.1) is 0 Å². The standard InChI is InChI=1S/C17H18BrN3/c1-11-4-7-16-12(9-11)3-2-8-21(16)13-5-6-14(17(19)20)15(18)10-13/h4-7,9-10H,2-3,8H2,1H3,(H3,19,20). The van der Waals surface area contributed by atoms with E-state index in [4.69, 9.17) is 11.1 Å². The first-order valence-electron chi connectivity index (χ1n) is 7.07. The van der Waals surface area contributed by atoms with Crippen LogP contribution >= 0.6 is 15.9 Å². The van der Waals surface area contributed by atoms with Crippen molar-refractivity contribution in [3.8, 4) is 0 Å². The number of nitrogens with two attached hydrogens (primary N) is 1. The number of aryl methyl sites for hydroxylation is 2. The Morgan fingerprint density at radius 2 is 2.05 bits per heavy atom. The number of rotatable bonds is 2. The van der Waals surface area contributed by atoms with Crippen molar-refractivity contribution in [1.29, 1.82) is 5.41 Å². The highest BCUT2D eigenvalue weighted by Gasteiger charge is 2.19. The van der Waals surface area contributed by atoms with Gasteiger partial charge in [-0.1, -0.05) is 17.7 Å². The van der Waals surface area contributed by atoms with Crippen molar-refractivity contribution < 1.29 is 0 Å². The fraction of sp³-hybridized carbons (Fsp3) is 0.235. The Balaban J connectivity index is 2.03. The van der Waals surface area contributed by atoms with Gasteiger partial charge in [0.15, 0.2) is 0 Å². The molecule has 0 spiro atoms. The van der Waals surface area contributed by atoms with E-state index >= 15 is 0 Å². The monoisotopic (exact) mass is 343 g/mol. The average molecular weight is 344 g/mol. The first-order valence-corrected chi connectivity index (χ1v) is 7.86. The average Bonchev–Trinajstić information content (AvgIpc) is 2.45. The van der Waals surface area contributed by atoms with Gasteiger partial charge in [-0.3, -0.25) is 5.41 Å². The predicted molar refractivity (Wildman–Crippen MR) is 91.7 cm³/mol. The van der Waals surface area contributed by atoms with Crippen LogP contribution in [-0.2, 0) is 6.42 Å². The van der Waals surface area contributed by atoms with Crippen LogP contribution in [0.4, 0.5) is 11.4 Å². The Kier molecular flexibility index (Phi) is 3.72. The van der Waals surface area contributed by atoms with Crippen molar-refractivity contribution in [3.05, 3.63) is 57.6 Å². The maximum atomic E-state index is 7.57. The lowest BCUT2D eigenvalue weighted by atomic mass is 9.99. The first-order chi connectivity index (χ1) is 10.1. The molecule has 0 fully saturated rings. The van der Waals surface area contributed by atoms with Crippen molar-refractivity contribution in [2.45, 2.75) is 19.8 Å². The molecule has 3 N–H and O–H groups in total.